The maximum absolute atomic E-state index is 5.41. The number of ether oxygens (including phenoxy) is 2. The Hall–Kier alpha value is -1.18. The summed E-state index contributed by atoms with van der Waals surface area (Å²) in [5, 5.41) is 3.39. The highest BCUT2D eigenvalue weighted by Crippen LogP contribution is 2.24. The Bertz CT molecular complexity index is 481. The van der Waals surface area contributed by atoms with Gasteiger partial charge in [-0.3, -0.25) is 4.99 Å². The van der Waals surface area contributed by atoms with Crippen molar-refractivity contribution in [2.75, 3.05) is 41.4 Å². The first-order chi connectivity index (χ1) is 10.7. The van der Waals surface area contributed by atoms with Gasteiger partial charge in [-0.15, -0.1) is 24.0 Å². The SMILES string of the molecule is CCCCN(C)C(=NC)NCCc1cc(OC)ccc1OC.I. The van der Waals surface area contributed by atoms with Gasteiger partial charge >= 0.3 is 0 Å². The van der Waals surface area contributed by atoms with Gasteiger partial charge in [0.1, 0.15) is 11.5 Å². The second kappa shape index (κ2) is 12.3. The minimum atomic E-state index is 0. The van der Waals surface area contributed by atoms with E-state index >= 15 is 0 Å². The molecule has 1 aromatic carbocycles. The number of nitrogens with one attached hydrogen (secondary N) is 1. The molecular weight excluding hydrogens is 405 g/mol. The van der Waals surface area contributed by atoms with Gasteiger partial charge in [-0.25, -0.2) is 0 Å². The summed E-state index contributed by atoms with van der Waals surface area (Å²) in [6, 6.07) is 5.87. The zero-order chi connectivity index (χ0) is 16.4. The second-order valence-corrected chi connectivity index (χ2v) is 5.18. The number of hydrogen-bond donors (Lipinski definition) is 1. The van der Waals surface area contributed by atoms with Crippen LogP contribution in [0.25, 0.3) is 0 Å². The van der Waals surface area contributed by atoms with Crippen molar-refractivity contribution in [1.82, 2.24) is 10.2 Å². The molecule has 0 heterocycles. The van der Waals surface area contributed by atoms with E-state index in [1.807, 2.05) is 25.2 Å². The average molecular weight is 435 g/mol. The highest BCUT2D eigenvalue weighted by molar-refractivity contribution is 14.0. The fourth-order valence-electron chi connectivity index (χ4n) is 2.27. The summed E-state index contributed by atoms with van der Waals surface area (Å²) in [6.07, 6.45) is 3.20. The largest absolute Gasteiger partial charge is 0.497 e. The molecule has 5 nitrogen and oxygen atoms in total. The summed E-state index contributed by atoms with van der Waals surface area (Å²) in [5.74, 6) is 2.66. The Balaban J connectivity index is 0.00000484. The van der Waals surface area contributed by atoms with Crippen LogP contribution in [0.15, 0.2) is 23.2 Å². The van der Waals surface area contributed by atoms with E-state index in [0.717, 1.165) is 42.5 Å². The fraction of sp³-hybridized carbons (Fsp3) is 0.588. The lowest BCUT2D eigenvalue weighted by Gasteiger charge is -2.22. The van der Waals surface area contributed by atoms with Crippen LogP contribution < -0.4 is 14.8 Å². The van der Waals surface area contributed by atoms with Crippen LogP contribution in [-0.2, 0) is 6.42 Å². The highest BCUT2D eigenvalue weighted by atomic mass is 127. The molecule has 0 atom stereocenters. The third-order valence-corrected chi connectivity index (χ3v) is 3.59. The van der Waals surface area contributed by atoms with E-state index in [1.165, 1.54) is 12.8 Å². The van der Waals surface area contributed by atoms with E-state index in [0.29, 0.717) is 0 Å². The molecule has 1 aromatic rings. The van der Waals surface area contributed by atoms with Crippen LogP contribution in [0.3, 0.4) is 0 Å². The van der Waals surface area contributed by atoms with Gasteiger partial charge in [-0.1, -0.05) is 13.3 Å². The molecule has 132 valence electrons. The van der Waals surface area contributed by atoms with Gasteiger partial charge in [0.2, 0.25) is 0 Å². The standard InChI is InChI=1S/C17H29N3O2.HI/c1-6-7-12-20(3)17(18-2)19-11-10-14-13-15(21-4)8-9-16(14)22-5;/h8-9,13H,6-7,10-12H2,1-5H3,(H,18,19);1H. The minimum Gasteiger partial charge on any atom is -0.497 e. The normalized spacial score (nSPS) is 10.7. The summed E-state index contributed by atoms with van der Waals surface area (Å²) in [4.78, 5) is 6.48. The molecule has 0 amide bonds. The van der Waals surface area contributed by atoms with Crippen LogP contribution >= 0.6 is 24.0 Å². The lowest BCUT2D eigenvalue weighted by atomic mass is 10.1. The lowest BCUT2D eigenvalue weighted by molar-refractivity contribution is 0.398. The maximum Gasteiger partial charge on any atom is 0.193 e. The lowest BCUT2D eigenvalue weighted by Crippen LogP contribution is -2.40. The topological polar surface area (TPSA) is 46.1 Å². The van der Waals surface area contributed by atoms with Crippen molar-refractivity contribution in [2.45, 2.75) is 26.2 Å². The summed E-state index contributed by atoms with van der Waals surface area (Å²) in [7, 11) is 7.25. The Morgan fingerprint density at radius 3 is 2.57 bits per heavy atom. The molecule has 0 fully saturated rings. The number of unbranched alkanes of at least 4 members (excludes halogenated alkanes) is 1. The third kappa shape index (κ3) is 7.28. The van der Waals surface area contributed by atoms with Crippen LogP contribution in [0.2, 0.25) is 0 Å². The zero-order valence-corrected chi connectivity index (χ0v) is 17.2. The second-order valence-electron chi connectivity index (χ2n) is 5.18. The first kappa shape index (κ1) is 21.8. The van der Waals surface area contributed by atoms with Gasteiger partial charge in [0.25, 0.3) is 0 Å². The Morgan fingerprint density at radius 1 is 1.26 bits per heavy atom. The quantitative estimate of drug-likeness (QED) is 0.387. The minimum absolute atomic E-state index is 0. The molecule has 0 saturated carbocycles. The van der Waals surface area contributed by atoms with Crippen LogP contribution in [0.4, 0.5) is 0 Å². The Morgan fingerprint density at radius 2 is 2.00 bits per heavy atom. The molecule has 1 N–H and O–H groups in total. The van der Waals surface area contributed by atoms with E-state index in [-0.39, 0.29) is 24.0 Å². The van der Waals surface area contributed by atoms with Crippen molar-refractivity contribution in [2.24, 2.45) is 4.99 Å². The van der Waals surface area contributed by atoms with Crippen LogP contribution in [0.5, 0.6) is 11.5 Å². The Labute approximate surface area is 157 Å². The van der Waals surface area contributed by atoms with E-state index in [4.69, 9.17) is 9.47 Å². The van der Waals surface area contributed by atoms with E-state index in [9.17, 15) is 0 Å². The molecule has 0 unspecified atom stereocenters. The number of benzene rings is 1. The number of methoxy groups -OCH3 is 2. The van der Waals surface area contributed by atoms with Gasteiger partial charge in [-0.05, 0) is 36.6 Å². The molecule has 6 heteroatoms. The average Bonchev–Trinajstić information content (AvgIpc) is 2.56. The molecule has 23 heavy (non-hydrogen) atoms. The van der Waals surface area contributed by atoms with Crippen molar-refractivity contribution in [3.05, 3.63) is 23.8 Å². The smallest absolute Gasteiger partial charge is 0.193 e. The first-order valence-electron chi connectivity index (χ1n) is 7.78. The molecule has 0 aromatic heterocycles. The molecule has 0 spiro atoms. The van der Waals surface area contributed by atoms with Crippen molar-refractivity contribution in [1.29, 1.82) is 0 Å². The molecule has 0 aliphatic heterocycles. The van der Waals surface area contributed by atoms with E-state index < -0.39 is 0 Å². The molecule has 0 aliphatic rings. The van der Waals surface area contributed by atoms with Gasteiger partial charge in [0, 0.05) is 27.2 Å². The number of guanidine groups is 1. The number of rotatable bonds is 8. The molecule has 0 radical (unpaired) electrons. The zero-order valence-electron chi connectivity index (χ0n) is 14.9. The van der Waals surface area contributed by atoms with Crippen LogP contribution in [0.1, 0.15) is 25.3 Å². The van der Waals surface area contributed by atoms with Crippen molar-refractivity contribution >= 4 is 29.9 Å². The maximum atomic E-state index is 5.41. The number of hydrogen-bond acceptors (Lipinski definition) is 3. The van der Waals surface area contributed by atoms with Crippen LogP contribution in [-0.4, -0.2) is 52.3 Å². The Kier molecular flexibility index (Phi) is 11.6. The van der Waals surface area contributed by atoms with E-state index in [1.54, 1.807) is 14.2 Å². The summed E-state index contributed by atoms with van der Waals surface area (Å²) < 4.78 is 10.7. The van der Waals surface area contributed by atoms with Gasteiger partial charge in [0.05, 0.1) is 14.2 Å². The summed E-state index contributed by atoms with van der Waals surface area (Å²) in [5.41, 5.74) is 1.13. The number of halogens is 1. The first-order valence-corrected chi connectivity index (χ1v) is 7.78. The van der Waals surface area contributed by atoms with Crippen molar-refractivity contribution < 1.29 is 9.47 Å². The van der Waals surface area contributed by atoms with Gasteiger partial charge in [-0.2, -0.15) is 0 Å². The molecule has 0 aliphatic carbocycles. The van der Waals surface area contributed by atoms with Crippen molar-refractivity contribution in [3.63, 3.8) is 0 Å². The van der Waals surface area contributed by atoms with E-state index in [2.05, 4.69) is 29.2 Å². The molecule has 0 saturated heterocycles. The predicted octanol–water partition coefficient (Wildman–Crippen LogP) is 3.17. The number of nitrogens with zero attached hydrogens (tertiary/aromatic N) is 2. The summed E-state index contributed by atoms with van der Waals surface area (Å²) >= 11 is 0. The number of aliphatic imine (C=N–C) groups is 1. The summed E-state index contributed by atoms with van der Waals surface area (Å²) in [6.45, 7) is 4.00. The van der Waals surface area contributed by atoms with Gasteiger partial charge < -0.3 is 19.7 Å². The predicted molar refractivity (Wildman–Crippen MR) is 108 cm³/mol. The van der Waals surface area contributed by atoms with Gasteiger partial charge in [0.15, 0.2) is 5.96 Å². The third-order valence-electron chi connectivity index (χ3n) is 3.59. The fourth-order valence-corrected chi connectivity index (χ4v) is 2.27. The van der Waals surface area contributed by atoms with Crippen LogP contribution in [0, 0.1) is 0 Å². The molecule has 0 bridgehead atoms. The van der Waals surface area contributed by atoms with Crippen molar-refractivity contribution in [3.8, 4) is 11.5 Å². The monoisotopic (exact) mass is 435 g/mol. The molecule has 1 rings (SSSR count). The molecular formula is C17H30IN3O2. The highest BCUT2D eigenvalue weighted by Gasteiger charge is 2.07.